The monoisotopic (exact) mass is 360 g/mol. The van der Waals surface area contributed by atoms with Crippen molar-refractivity contribution in [3.05, 3.63) is 102 Å². The van der Waals surface area contributed by atoms with Crippen LogP contribution >= 0.6 is 0 Å². The molecule has 0 saturated carbocycles. The quantitative estimate of drug-likeness (QED) is 0.634. The lowest BCUT2D eigenvalue weighted by Gasteiger charge is -2.11. The molecule has 2 aromatic carbocycles. The standard InChI is InChI=1S/C22H20N2O3/c25-21(18-10-5-2-6-11-18)24-20(16-19-12-7-15-27-19)22(26)23-14-13-17-8-3-1-4-9-17/h1-12,15-16H,13-14H2,(H,23,26)(H,24,25)/b20-16-. The van der Waals surface area contributed by atoms with Gasteiger partial charge in [-0.1, -0.05) is 48.5 Å². The van der Waals surface area contributed by atoms with E-state index < -0.39 is 0 Å². The van der Waals surface area contributed by atoms with Gasteiger partial charge in [-0.25, -0.2) is 0 Å². The van der Waals surface area contributed by atoms with Gasteiger partial charge in [-0.05, 0) is 36.2 Å². The highest BCUT2D eigenvalue weighted by Crippen LogP contribution is 2.08. The number of amides is 2. The Labute approximate surface area is 157 Å². The number of hydrogen-bond acceptors (Lipinski definition) is 3. The normalized spacial score (nSPS) is 11.0. The average molecular weight is 360 g/mol. The molecule has 0 atom stereocenters. The molecule has 136 valence electrons. The molecule has 0 unspecified atom stereocenters. The molecule has 0 aliphatic heterocycles. The molecule has 0 bridgehead atoms. The molecule has 2 amide bonds. The topological polar surface area (TPSA) is 71.3 Å². The third-order valence-electron chi connectivity index (χ3n) is 3.90. The summed E-state index contributed by atoms with van der Waals surface area (Å²) in [5.74, 6) is -0.241. The van der Waals surface area contributed by atoms with Crippen molar-refractivity contribution in [1.82, 2.24) is 10.6 Å². The van der Waals surface area contributed by atoms with Crippen molar-refractivity contribution in [2.24, 2.45) is 0 Å². The number of furan rings is 1. The maximum absolute atomic E-state index is 12.6. The largest absolute Gasteiger partial charge is 0.465 e. The van der Waals surface area contributed by atoms with E-state index in [1.54, 1.807) is 36.4 Å². The minimum absolute atomic E-state index is 0.131. The van der Waals surface area contributed by atoms with Crippen molar-refractivity contribution in [3.8, 4) is 0 Å². The Morgan fingerprint density at radius 2 is 1.59 bits per heavy atom. The molecule has 27 heavy (non-hydrogen) atoms. The van der Waals surface area contributed by atoms with Crippen LogP contribution in [0.15, 0.2) is 89.2 Å². The first kappa shape index (κ1) is 18.2. The van der Waals surface area contributed by atoms with E-state index in [0.717, 1.165) is 5.56 Å². The fourth-order valence-electron chi connectivity index (χ4n) is 2.52. The number of benzene rings is 2. The highest BCUT2D eigenvalue weighted by Gasteiger charge is 2.14. The zero-order valence-corrected chi connectivity index (χ0v) is 14.7. The number of carbonyl (C=O) groups excluding carboxylic acids is 2. The lowest BCUT2D eigenvalue weighted by molar-refractivity contribution is -0.117. The lowest BCUT2D eigenvalue weighted by Crippen LogP contribution is -2.35. The molecular formula is C22H20N2O3. The van der Waals surface area contributed by atoms with Crippen molar-refractivity contribution in [2.45, 2.75) is 6.42 Å². The summed E-state index contributed by atoms with van der Waals surface area (Å²) in [5.41, 5.74) is 1.73. The van der Waals surface area contributed by atoms with Gasteiger partial charge in [0, 0.05) is 18.2 Å². The molecule has 0 fully saturated rings. The van der Waals surface area contributed by atoms with Crippen LogP contribution in [0.1, 0.15) is 21.7 Å². The van der Waals surface area contributed by atoms with Crippen molar-refractivity contribution < 1.29 is 14.0 Å². The number of hydrogen-bond donors (Lipinski definition) is 2. The highest BCUT2D eigenvalue weighted by molar-refractivity contribution is 6.05. The summed E-state index contributed by atoms with van der Waals surface area (Å²) in [7, 11) is 0. The van der Waals surface area contributed by atoms with Crippen molar-refractivity contribution in [3.63, 3.8) is 0 Å². The van der Waals surface area contributed by atoms with E-state index in [4.69, 9.17) is 4.42 Å². The zero-order valence-electron chi connectivity index (χ0n) is 14.7. The van der Waals surface area contributed by atoms with Gasteiger partial charge in [-0.2, -0.15) is 0 Å². The van der Waals surface area contributed by atoms with E-state index in [-0.39, 0.29) is 17.5 Å². The van der Waals surface area contributed by atoms with Gasteiger partial charge in [0.15, 0.2) is 0 Å². The molecule has 0 spiro atoms. The van der Waals surface area contributed by atoms with Crippen molar-refractivity contribution >= 4 is 17.9 Å². The third kappa shape index (κ3) is 5.44. The van der Waals surface area contributed by atoms with Crippen LogP contribution in [0.5, 0.6) is 0 Å². The molecule has 0 aliphatic rings. The van der Waals surface area contributed by atoms with Crippen LogP contribution in [0.2, 0.25) is 0 Å². The minimum Gasteiger partial charge on any atom is -0.465 e. The van der Waals surface area contributed by atoms with Crippen LogP contribution in [-0.2, 0) is 11.2 Å². The molecule has 0 radical (unpaired) electrons. The van der Waals surface area contributed by atoms with Crippen LogP contribution < -0.4 is 10.6 Å². The molecular weight excluding hydrogens is 340 g/mol. The molecule has 0 aliphatic carbocycles. The van der Waals surface area contributed by atoms with E-state index >= 15 is 0 Å². The van der Waals surface area contributed by atoms with Crippen LogP contribution in [0.3, 0.4) is 0 Å². The van der Waals surface area contributed by atoms with Gasteiger partial charge in [-0.15, -0.1) is 0 Å². The van der Waals surface area contributed by atoms with Crippen LogP contribution in [0.4, 0.5) is 0 Å². The summed E-state index contributed by atoms with van der Waals surface area (Å²) < 4.78 is 5.27. The molecule has 1 heterocycles. The Kier molecular flexibility index (Phi) is 6.20. The first-order valence-corrected chi connectivity index (χ1v) is 8.66. The summed E-state index contributed by atoms with van der Waals surface area (Å²) in [5, 5.41) is 5.51. The molecule has 2 N–H and O–H groups in total. The maximum Gasteiger partial charge on any atom is 0.267 e. The number of carbonyl (C=O) groups is 2. The van der Waals surface area contributed by atoms with Crippen LogP contribution in [-0.4, -0.2) is 18.4 Å². The van der Waals surface area contributed by atoms with E-state index in [1.807, 2.05) is 36.4 Å². The van der Waals surface area contributed by atoms with Gasteiger partial charge in [0.25, 0.3) is 11.8 Å². The Balaban J connectivity index is 1.68. The molecule has 0 saturated heterocycles. The Morgan fingerprint density at radius 1 is 0.889 bits per heavy atom. The zero-order chi connectivity index (χ0) is 18.9. The molecule has 5 heteroatoms. The van der Waals surface area contributed by atoms with Crippen molar-refractivity contribution in [1.29, 1.82) is 0 Å². The Morgan fingerprint density at radius 3 is 2.26 bits per heavy atom. The SMILES string of the molecule is O=C(NCCc1ccccc1)/C(=C/c1ccco1)NC(=O)c1ccccc1. The fourth-order valence-corrected chi connectivity index (χ4v) is 2.52. The summed E-state index contributed by atoms with van der Waals surface area (Å²) >= 11 is 0. The molecule has 5 nitrogen and oxygen atoms in total. The van der Waals surface area contributed by atoms with Crippen LogP contribution in [0, 0.1) is 0 Å². The summed E-state index contributed by atoms with van der Waals surface area (Å²) in [4.78, 5) is 25.0. The fraction of sp³-hybridized carbons (Fsp3) is 0.0909. The number of nitrogens with one attached hydrogen (secondary N) is 2. The second kappa shape index (κ2) is 9.20. The van der Waals surface area contributed by atoms with Crippen molar-refractivity contribution in [2.75, 3.05) is 6.54 Å². The second-order valence-corrected chi connectivity index (χ2v) is 5.89. The Hall–Kier alpha value is -3.60. The van der Waals surface area contributed by atoms with E-state index in [2.05, 4.69) is 10.6 Å². The van der Waals surface area contributed by atoms with E-state index in [1.165, 1.54) is 12.3 Å². The summed E-state index contributed by atoms with van der Waals surface area (Å²) in [6.45, 7) is 0.458. The Bertz CT molecular complexity index is 901. The van der Waals surface area contributed by atoms with E-state index in [0.29, 0.717) is 24.3 Å². The predicted molar refractivity (Wildman–Crippen MR) is 104 cm³/mol. The van der Waals surface area contributed by atoms with Gasteiger partial charge < -0.3 is 15.1 Å². The van der Waals surface area contributed by atoms with Gasteiger partial charge in [0.1, 0.15) is 11.5 Å². The maximum atomic E-state index is 12.6. The van der Waals surface area contributed by atoms with Gasteiger partial charge in [-0.3, -0.25) is 9.59 Å². The van der Waals surface area contributed by atoms with Crippen LogP contribution in [0.25, 0.3) is 6.08 Å². The van der Waals surface area contributed by atoms with Gasteiger partial charge in [0.2, 0.25) is 0 Å². The minimum atomic E-state index is -0.369. The highest BCUT2D eigenvalue weighted by atomic mass is 16.3. The second-order valence-electron chi connectivity index (χ2n) is 5.89. The number of rotatable bonds is 7. The lowest BCUT2D eigenvalue weighted by atomic mass is 10.1. The van der Waals surface area contributed by atoms with Gasteiger partial charge >= 0.3 is 0 Å². The smallest absolute Gasteiger partial charge is 0.267 e. The average Bonchev–Trinajstić information content (AvgIpc) is 3.22. The molecule has 3 aromatic rings. The van der Waals surface area contributed by atoms with Gasteiger partial charge in [0.05, 0.1) is 6.26 Å². The van der Waals surface area contributed by atoms with E-state index in [9.17, 15) is 9.59 Å². The summed E-state index contributed by atoms with van der Waals surface area (Å²) in [6, 6.07) is 22.0. The summed E-state index contributed by atoms with van der Waals surface area (Å²) in [6.07, 6.45) is 3.72. The molecule has 3 rings (SSSR count). The first-order chi connectivity index (χ1) is 13.2. The third-order valence-corrected chi connectivity index (χ3v) is 3.90. The predicted octanol–water partition coefficient (Wildman–Crippen LogP) is 3.41. The molecule has 1 aromatic heterocycles. The first-order valence-electron chi connectivity index (χ1n) is 8.66.